The van der Waals surface area contributed by atoms with Crippen molar-refractivity contribution in [2.45, 2.75) is 58.3 Å². The molecule has 7 rings (SSSR count). The minimum absolute atomic E-state index is 0. The third-order valence-corrected chi connectivity index (χ3v) is 18.3. The van der Waals surface area contributed by atoms with Gasteiger partial charge in [0, 0.05) is 0 Å². The van der Waals surface area contributed by atoms with Crippen LogP contribution in [0.5, 0.6) is 0 Å². The molecule has 0 spiro atoms. The second kappa shape index (κ2) is 13.7. The van der Waals surface area contributed by atoms with E-state index in [1.807, 2.05) is 0 Å². The summed E-state index contributed by atoms with van der Waals surface area (Å²) in [4.78, 5) is 0. The number of benzene rings is 5. The maximum atomic E-state index is 2.65. The van der Waals surface area contributed by atoms with Gasteiger partial charge in [-0.1, -0.05) is 0 Å². The number of hydrogen-bond donors (Lipinski definition) is 0. The molecule has 1 unspecified atom stereocenters. The summed E-state index contributed by atoms with van der Waals surface area (Å²) < 4.78 is 7.40. The second-order valence-corrected chi connectivity index (χ2v) is 20.0. The number of hydrogen-bond acceptors (Lipinski definition) is 0. The predicted octanol–water partition coefficient (Wildman–Crippen LogP) is 10.5. The van der Waals surface area contributed by atoms with Crippen molar-refractivity contribution < 1.29 is 16.1 Å². The molecule has 0 fully saturated rings. The van der Waals surface area contributed by atoms with Gasteiger partial charge in [0.15, 0.2) is 0 Å². The first-order chi connectivity index (χ1) is 21.8. The summed E-state index contributed by atoms with van der Waals surface area (Å²) in [6.45, 7) is 11.9. The van der Waals surface area contributed by atoms with Gasteiger partial charge in [0.05, 0.1) is 0 Å². The van der Waals surface area contributed by atoms with Gasteiger partial charge in [-0.25, -0.2) is 0 Å². The molecule has 0 saturated carbocycles. The summed E-state index contributed by atoms with van der Waals surface area (Å²) >= 11 is -3.16. The minimum atomic E-state index is -3.16. The molecule has 0 aliphatic heterocycles. The number of rotatable bonds is 7. The smallest absolute Gasteiger partial charge is 0.147 e. The van der Waals surface area contributed by atoms with Gasteiger partial charge in [-0.15, -0.1) is 24.8 Å². The summed E-state index contributed by atoms with van der Waals surface area (Å²) in [6, 6.07) is 46.0. The fourth-order valence-corrected chi connectivity index (χ4v) is 15.1. The summed E-state index contributed by atoms with van der Waals surface area (Å²) in [7, 11) is 0. The maximum absolute atomic E-state index is 3.16. The van der Waals surface area contributed by atoms with E-state index in [2.05, 4.69) is 178 Å². The normalized spacial score (nSPS) is 14.6. The molecule has 3 heteroatoms. The molecule has 239 valence electrons. The van der Waals surface area contributed by atoms with Gasteiger partial charge in [0.2, 0.25) is 0 Å². The maximum Gasteiger partial charge on any atom is -0.147 e. The van der Waals surface area contributed by atoms with Gasteiger partial charge in [0.25, 0.3) is 0 Å². The van der Waals surface area contributed by atoms with Crippen molar-refractivity contribution >= 4 is 36.9 Å². The zero-order valence-corrected chi connectivity index (χ0v) is 31.3. The standard InChI is InChI=1S/C31H29.C6H5.C5H5.C2H4.2ClH.Ti/c1-30(2,24-11-7-5-8-12-24)26-17-15-22-19-23-16-18-27(21-29(23)28(22)20-26)31(3,4)25-13-9-6-10-14-25;1-2-4-6-5-3-1;1-2-4-5-3-1;1-2;;;/h5-15,17-18,20-21H,19H2,1-4H3;1-5H;1-3H,4H2;1H,2H3;2*1H;. The summed E-state index contributed by atoms with van der Waals surface area (Å²) in [5.74, 6) is 0. The van der Waals surface area contributed by atoms with E-state index in [0.29, 0.717) is 0 Å². The van der Waals surface area contributed by atoms with Crippen LogP contribution < -0.4 is 7.74 Å². The molecule has 2 aliphatic rings. The van der Waals surface area contributed by atoms with Crippen molar-refractivity contribution in [3.8, 4) is 11.1 Å². The molecule has 0 nitrogen and oxygen atoms in total. The fraction of sp³-hybridized carbons (Fsp3) is 0.205. The van der Waals surface area contributed by atoms with Crippen molar-refractivity contribution in [2.75, 3.05) is 0 Å². The Balaban J connectivity index is 0.00000217. The van der Waals surface area contributed by atoms with Gasteiger partial charge in [-0.3, -0.25) is 0 Å². The number of fused-ring (bicyclic) bond motifs is 3. The zero-order chi connectivity index (χ0) is 31.2. The van der Waals surface area contributed by atoms with Crippen LogP contribution in [0.15, 0.2) is 143 Å². The van der Waals surface area contributed by atoms with E-state index in [4.69, 9.17) is 0 Å². The van der Waals surface area contributed by atoms with Gasteiger partial charge in [-0.2, -0.15) is 0 Å². The Kier molecular flexibility index (Phi) is 10.2. The molecule has 0 amide bonds. The van der Waals surface area contributed by atoms with E-state index in [9.17, 15) is 0 Å². The average Bonchev–Trinajstić information content (AvgIpc) is 3.75. The van der Waals surface area contributed by atoms with Crippen LogP contribution in [0.3, 0.4) is 0 Å². The fourth-order valence-electron chi connectivity index (χ4n) is 7.88. The number of halogens is 2. The monoisotopic (exact) mass is 691 g/mol. The number of allylic oxidation sites excluding steroid dienone is 4. The Labute approximate surface area is 297 Å². The Hall–Kier alpha value is -3.26. The van der Waals surface area contributed by atoms with Gasteiger partial charge < -0.3 is 0 Å². The van der Waals surface area contributed by atoms with Gasteiger partial charge >= 0.3 is 274 Å². The van der Waals surface area contributed by atoms with Crippen molar-refractivity contribution in [3.63, 3.8) is 0 Å². The third-order valence-electron chi connectivity index (χ3n) is 10.8. The van der Waals surface area contributed by atoms with Gasteiger partial charge in [-0.05, 0) is 0 Å². The second-order valence-electron chi connectivity index (χ2n) is 13.9. The topological polar surface area (TPSA) is 0 Å². The Bertz CT molecular complexity index is 2000. The van der Waals surface area contributed by atoms with Crippen LogP contribution in [-0.4, -0.2) is 4.31 Å². The molecule has 0 bridgehead atoms. The largest absolute Gasteiger partial charge is 0.147 e. The molecule has 0 N–H and O–H groups in total. The van der Waals surface area contributed by atoms with Crippen LogP contribution in [-0.2, 0) is 33.4 Å². The van der Waals surface area contributed by atoms with E-state index in [1.165, 1.54) is 42.8 Å². The minimum Gasteiger partial charge on any atom is -0.147 e. The van der Waals surface area contributed by atoms with E-state index in [1.54, 1.807) is 13.3 Å². The van der Waals surface area contributed by atoms with Crippen LogP contribution in [0.25, 0.3) is 11.1 Å². The van der Waals surface area contributed by atoms with Crippen molar-refractivity contribution in [3.05, 3.63) is 177 Å². The molecule has 0 radical (unpaired) electrons. The molecule has 1 atom stereocenters. The SMILES string of the molecule is C[CH]=[Ti]([C]1=CC=CC1)([c]1ccccc1)[c]1cc(C(C)(C)c2ccccc2)cc2c1Cc1ccc(C(C)(C)c3ccccc3)cc1-2.Cl.Cl. The van der Waals surface area contributed by atoms with Crippen LogP contribution in [0, 0.1) is 0 Å². The van der Waals surface area contributed by atoms with Crippen molar-refractivity contribution in [2.24, 2.45) is 0 Å². The molecule has 2 aliphatic carbocycles. The van der Waals surface area contributed by atoms with Crippen molar-refractivity contribution in [1.82, 2.24) is 0 Å². The Morgan fingerprint density at radius 1 is 0.596 bits per heavy atom. The molecular formula is C44H45Cl2Ti. The summed E-state index contributed by atoms with van der Waals surface area (Å²) in [5, 5.41) is 0. The Morgan fingerprint density at radius 2 is 1.15 bits per heavy atom. The predicted molar refractivity (Wildman–Crippen MR) is 206 cm³/mol. The van der Waals surface area contributed by atoms with E-state index in [-0.39, 0.29) is 35.6 Å². The quantitative estimate of drug-likeness (QED) is 0.146. The first-order valence-corrected chi connectivity index (χ1v) is 19.7. The van der Waals surface area contributed by atoms with Crippen LogP contribution in [0.2, 0.25) is 0 Å². The van der Waals surface area contributed by atoms with Crippen molar-refractivity contribution in [1.29, 1.82) is 0 Å². The van der Waals surface area contributed by atoms with E-state index < -0.39 is 16.1 Å². The third kappa shape index (κ3) is 5.89. The first kappa shape index (κ1) is 35.1. The molecule has 5 aromatic rings. The molecule has 0 heterocycles. The van der Waals surface area contributed by atoms with Crippen LogP contribution in [0.4, 0.5) is 0 Å². The summed E-state index contributed by atoms with van der Waals surface area (Å²) in [5.41, 5.74) is 11.1. The van der Waals surface area contributed by atoms with Crippen LogP contribution >= 0.6 is 24.8 Å². The average molecular weight is 693 g/mol. The van der Waals surface area contributed by atoms with Gasteiger partial charge in [0.1, 0.15) is 0 Å². The molecule has 0 saturated heterocycles. The molecule has 5 aromatic carbocycles. The molecule has 0 aromatic heterocycles. The molecular weight excluding hydrogens is 647 g/mol. The van der Waals surface area contributed by atoms with Crippen LogP contribution in [0.1, 0.15) is 74.4 Å². The zero-order valence-electron chi connectivity index (χ0n) is 28.1. The molecule has 47 heavy (non-hydrogen) atoms. The van der Waals surface area contributed by atoms with E-state index >= 15 is 0 Å². The first-order valence-electron chi connectivity index (χ1n) is 16.4. The Morgan fingerprint density at radius 3 is 1.70 bits per heavy atom. The summed E-state index contributed by atoms with van der Waals surface area (Å²) in [6.07, 6.45) is 9.12. The van der Waals surface area contributed by atoms with E-state index in [0.717, 1.165) is 12.8 Å².